The molecule has 0 aliphatic carbocycles. The van der Waals surface area contributed by atoms with Crippen molar-refractivity contribution in [3.8, 4) is 11.3 Å². The van der Waals surface area contributed by atoms with E-state index in [9.17, 15) is 0 Å². The van der Waals surface area contributed by atoms with Crippen LogP contribution in [0.3, 0.4) is 0 Å². The summed E-state index contributed by atoms with van der Waals surface area (Å²) >= 11 is 0. The van der Waals surface area contributed by atoms with Crippen LogP contribution in [0.1, 0.15) is 11.1 Å². The molecule has 0 spiro atoms. The van der Waals surface area contributed by atoms with E-state index in [1.807, 2.05) is 18.2 Å². The molecule has 0 bridgehead atoms. The Bertz CT molecular complexity index is 1270. The van der Waals surface area contributed by atoms with E-state index in [1.165, 1.54) is 11.1 Å². The molecular weight excluding hydrogens is 310 g/mol. The van der Waals surface area contributed by atoms with Crippen molar-refractivity contribution in [3.05, 3.63) is 65.9 Å². The molecule has 5 aromatic rings. The first kappa shape index (κ1) is 14.3. The third kappa shape index (κ3) is 1.96. The van der Waals surface area contributed by atoms with Gasteiger partial charge in [0.1, 0.15) is 12.6 Å². The molecule has 5 rings (SSSR count). The fraction of sp³-hybridized carbons (Fsp3) is 0.136. The van der Waals surface area contributed by atoms with Crippen LogP contribution >= 0.6 is 0 Å². The number of hydrogen-bond acceptors (Lipinski definition) is 2. The van der Waals surface area contributed by atoms with E-state index >= 15 is 0 Å². The van der Waals surface area contributed by atoms with Crippen LogP contribution in [0.25, 0.3) is 44.4 Å². The van der Waals surface area contributed by atoms with Crippen LogP contribution in [0.5, 0.6) is 0 Å². The van der Waals surface area contributed by atoms with Crippen molar-refractivity contribution in [2.45, 2.75) is 13.8 Å². The maximum Gasteiger partial charge on any atom is 0.299 e. The van der Waals surface area contributed by atoms with Gasteiger partial charge in [-0.05, 0) is 31.0 Å². The first-order valence-electron chi connectivity index (χ1n) is 8.43. The van der Waals surface area contributed by atoms with E-state index in [-0.39, 0.29) is 0 Å². The normalized spacial score (nSPS) is 11.8. The number of para-hydroxylation sites is 1. The lowest BCUT2D eigenvalue weighted by Gasteiger charge is -2.06. The summed E-state index contributed by atoms with van der Waals surface area (Å²) in [6.07, 6.45) is 2.09. The van der Waals surface area contributed by atoms with Gasteiger partial charge in [-0.2, -0.15) is 0 Å². The first-order chi connectivity index (χ1) is 12.1. The Hall–Kier alpha value is -3.07. The van der Waals surface area contributed by atoms with E-state index in [1.54, 1.807) is 0 Å². The minimum Gasteiger partial charge on any atom is -0.425 e. The fourth-order valence-corrected chi connectivity index (χ4v) is 3.67. The molecule has 3 nitrogen and oxygen atoms in total. The standard InChI is InChI=1S/C22H18NO2/c1-13-10-11-23(3)17(12-13)19-14(2)8-9-16-20-15-6-4-5-7-18(15)24-22(20)25-21(16)19/h4-12H,1-3H3/q+1. The number of fused-ring (bicyclic) bond motifs is 5. The molecule has 25 heavy (non-hydrogen) atoms. The predicted molar refractivity (Wildman–Crippen MR) is 99.6 cm³/mol. The van der Waals surface area contributed by atoms with Crippen LogP contribution in [-0.2, 0) is 7.05 Å². The molecule has 2 aromatic carbocycles. The minimum atomic E-state index is 0.596. The predicted octanol–water partition coefficient (Wildman–Crippen LogP) is 5.44. The van der Waals surface area contributed by atoms with Crippen LogP contribution in [-0.4, -0.2) is 0 Å². The van der Waals surface area contributed by atoms with Crippen LogP contribution < -0.4 is 4.57 Å². The number of nitrogens with zero attached hydrogens (tertiary/aromatic N) is 1. The van der Waals surface area contributed by atoms with Gasteiger partial charge in [-0.3, -0.25) is 0 Å². The highest BCUT2D eigenvalue weighted by molar-refractivity contribution is 6.19. The zero-order valence-electron chi connectivity index (χ0n) is 14.5. The van der Waals surface area contributed by atoms with Gasteiger partial charge in [0.25, 0.3) is 5.78 Å². The SMILES string of the molecule is Cc1cc[n+](C)c(-c2c(C)ccc3c2oc2oc4ccccc4c23)c1. The molecule has 0 aliphatic rings. The van der Waals surface area contributed by atoms with Crippen LogP contribution in [0.2, 0.25) is 0 Å². The number of hydrogen-bond donors (Lipinski definition) is 0. The fourth-order valence-electron chi connectivity index (χ4n) is 3.67. The van der Waals surface area contributed by atoms with Gasteiger partial charge >= 0.3 is 0 Å². The number of aromatic nitrogens is 1. The van der Waals surface area contributed by atoms with Crippen molar-refractivity contribution in [2.75, 3.05) is 0 Å². The summed E-state index contributed by atoms with van der Waals surface area (Å²) in [5.41, 5.74) is 6.43. The highest BCUT2D eigenvalue weighted by atomic mass is 16.5. The molecule has 0 unspecified atom stereocenters. The Morgan fingerprint density at radius 1 is 0.880 bits per heavy atom. The molecule has 0 fully saturated rings. The molecule has 0 saturated carbocycles. The second-order valence-corrected chi connectivity index (χ2v) is 6.70. The summed E-state index contributed by atoms with van der Waals surface area (Å²) in [7, 11) is 2.06. The summed E-state index contributed by atoms with van der Waals surface area (Å²) in [6.45, 7) is 4.24. The van der Waals surface area contributed by atoms with Crippen molar-refractivity contribution in [1.29, 1.82) is 0 Å². The highest BCUT2D eigenvalue weighted by Gasteiger charge is 2.23. The molecule has 0 saturated heterocycles. The summed E-state index contributed by atoms with van der Waals surface area (Å²) in [5, 5.41) is 3.25. The largest absolute Gasteiger partial charge is 0.425 e. The van der Waals surface area contributed by atoms with E-state index in [0.29, 0.717) is 5.78 Å². The Labute approximate surface area is 145 Å². The monoisotopic (exact) mass is 328 g/mol. The van der Waals surface area contributed by atoms with Gasteiger partial charge in [-0.1, -0.05) is 30.3 Å². The molecular formula is C22H18NO2+. The van der Waals surface area contributed by atoms with Crippen molar-refractivity contribution in [3.63, 3.8) is 0 Å². The Morgan fingerprint density at radius 2 is 1.72 bits per heavy atom. The maximum atomic E-state index is 6.22. The second-order valence-electron chi connectivity index (χ2n) is 6.70. The molecule has 0 atom stereocenters. The Kier molecular flexibility index (Phi) is 2.84. The molecule has 3 heteroatoms. The van der Waals surface area contributed by atoms with Crippen LogP contribution in [0.15, 0.2) is 63.6 Å². The van der Waals surface area contributed by atoms with E-state index in [2.05, 4.69) is 62.0 Å². The first-order valence-corrected chi connectivity index (χ1v) is 8.43. The lowest BCUT2D eigenvalue weighted by atomic mass is 9.99. The van der Waals surface area contributed by atoms with E-state index < -0.39 is 0 Å². The Balaban J connectivity index is 1.95. The topological polar surface area (TPSA) is 30.2 Å². The molecule has 0 amide bonds. The molecule has 0 radical (unpaired) electrons. The number of pyridine rings is 1. The number of furan rings is 2. The van der Waals surface area contributed by atoms with Gasteiger partial charge in [0.05, 0.1) is 10.9 Å². The lowest BCUT2D eigenvalue weighted by molar-refractivity contribution is -0.660. The van der Waals surface area contributed by atoms with E-state index in [4.69, 9.17) is 8.83 Å². The average molecular weight is 328 g/mol. The molecule has 3 aromatic heterocycles. The zero-order chi connectivity index (χ0) is 17.1. The summed E-state index contributed by atoms with van der Waals surface area (Å²) in [5.74, 6) is 0.596. The highest BCUT2D eigenvalue weighted by Crippen LogP contribution is 2.41. The van der Waals surface area contributed by atoms with Gasteiger partial charge in [0.2, 0.25) is 5.69 Å². The average Bonchev–Trinajstić information content (AvgIpc) is 3.13. The van der Waals surface area contributed by atoms with E-state index in [0.717, 1.165) is 38.6 Å². The zero-order valence-corrected chi connectivity index (χ0v) is 14.5. The third-order valence-corrected chi connectivity index (χ3v) is 4.95. The number of benzene rings is 2. The third-order valence-electron chi connectivity index (χ3n) is 4.95. The summed E-state index contributed by atoms with van der Waals surface area (Å²) < 4.78 is 14.3. The molecule has 122 valence electrons. The molecule has 0 aliphatic heterocycles. The van der Waals surface area contributed by atoms with Crippen LogP contribution in [0.4, 0.5) is 0 Å². The minimum absolute atomic E-state index is 0.596. The summed E-state index contributed by atoms with van der Waals surface area (Å²) in [6, 6.07) is 16.7. The van der Waals surface area contributed by atoms with Crippen molar-refractivity contribution in [1.82, 2.24) is 0 Å². The van der Waals surface area contributed by atoms with Gasteiger partial charge in [-0.15, -0.1) is 0 Å². The second kappa shape index (κ2) is 4.96. The summed E-state index contributed by atoms with van der Waals surface area (Å²) in [4.78, 5) is 0. The molecule has 0 N–H and O–H groups in total. The van der Waals surface area contributed by atoms with Gasteiger partial charge in [0, 0.05) is 22.9 Å². The van der Waals surface area contributed by atoms with Gasteiger partial charge < -0.3 is 8.83 Å². The van der Waals surface area contributed by atoms with Crippen LogP contribution in [0, 0.1) is 13.8 Å². The smallest absolute Gasteiger partial charge is 0.299 e. The Morgan fingerprint density at radius 3 is 2.60 bits per heavy atom. The van der Waals surface area contributed by atoms with Crippen molar-refractivity contribution in [2.24, 2.45) is 7.05 Å². The van der Waals surface area contributed by atoms with Gasteiger partial charge in [-0.25, -0.2) is 4.57 Å². The maximum absolute atomic E-state index is 6.22. The van der Waals surface area contributed by atoms with Gasteiger partial charge in [0.15, 0.2) is 11.8 Å². The number of aryl methyl sites for hydroxylation is 3. The lowest BCUT2D eigenvalue weighted by Crippen LogP contribution is -2.30. The molecule has 3 heterocycles. The quantitative estimate of drug-likeness (QED) is 0.384. The number of rotatable bonds is 1. The van der Waals surface area contributed by atoms with Crippen molar-refractivity contribution >= 4 is 33.1 Å². The van der Waals surface area contributed by atoms with Crippen molar-refractivity contribution < 1.29 is 13.4 Å².